The average molecular weight is 199 g/mol. The molecule has 1 aliphatic carbocycles. The van der Waals surface area contributed by atoms with E-state index in [4.69, 9.17) is 10.2 Å². The van der Waals surface area contributed by atoms with Crippen LogP contribution in [0, 0.1) is 17.3 Å². The van der Waals surface area contributed by atoms with Gasteiger partial charge in [0.2, 0.25) is 0 Å². The van der Waals surface area contributed by atoms with E-state index in [1.165, 1.54) is 4.90 Å². The van der Waals surface area contributed by atoms with Crippen molar-refractivity contribution in [3.05, 3.63) is 0 Å². The van der Waals surface area contributed by atoms with E-state index in [1.54, 1.807) is 0 Å². The van der Waals surface area contributed by atoms with Crippen molar-refractivity contribution >= 4 is 12.1 Å². The normalized spacial score (nSPS) is 39.4. The number of aliphatic carboxylic acids is 1. The second-order valence-electron chi connectivity index (χ2n) is 4.10. The van der Waals surface area contributed by atoms with E-state index in [0.717, 1.165) is 0 Å². The molecule has 2 atom stereocenters. The maximum atomic E-state index is 11.0. The highest BCUT2D eigenvalue weighted by Crippen LogP contribution is 2.64. The van der Waals surface area contributed by atoms with E-state index in [-0.39, 0.29) is 11.8 Å². The van der Waals surface area contributed by atoms with Crippen molar-refractivity contribution in [1.29, 1.82) is 0 Å². The lowest BCUT2D eigenvalue weighted by Gasteiger charge is -2.20. The quantitative estimate of drug-likeness (QED) is 0.686. The Hall–Kier alpha value is -1.26. The van der Waals surface area contributed by atoms with Gasteiger partial charge in [0.1, 0.15) is 0 Å². The summed E-state index contributed by atoms with van der Waals surface area (Å²) >= 11 is 0. The summed E-state index contributed by atoms with van der Waals surface area (Å²) in [6.07, 6.45) is -0.335. The third-order valence-corrected chi connectivity index (χ3v) is 3.79. The smallest absolute Gasteiger partial charge is 0.407 e. The van der Waals surface area contributed by atoms with E-state index >= 15 is 0 Å². The highest BCUT2D eigenvalue weighted by atomic mass is 16.4. The van der Waals surface area contributed by atoms with Crippen molar-refractivity contribution in [3.8, 4) is 0 Å². The number of carbonyl (C=O) groups is 2. The van der Waals surface area contributed by atoms with Crippen LogP contribution in [0.3, 0.4) is 0 Å². The van der Waals surface area contributed by atoms with Gasteiger partial charge >= 0.3 is 12.1 Å². The molecule has 0 aromatic rings. The molecule has 5 nitrogen and oxygen atoms in total. The summed E-state index contributed by atoms with van der Waals surface area (Å²) in [5.41, 5.74) is -0.619. The van der Waals surface area contributed by atoms with Gasteiger partial charge in [-0.05, 0) is 18.3 Å². The third-order valence-electron chi connectivity index (χ3n) is 3.79. The molecule has 2 fully saturated rings. The Labute approximate surface area is 81.3 Å². The summed E-state index contributed by atoms with van der Waals surface area (Å²) in [6, 6.07) is 0. The number of rotatable bonds is 2. The van der Waals surface area contributed by atoms with Gasteiger partial charge in [0.25, 0.3) is 0 Å². The highest BCUT2D eigenvalue weighted by Gasteiger charge is 2.72. The molecule has 0 aromatic carbocycles. The molecule has 0 spiro atoms. The topological polar surface area (TPSA) is 77.8 Å². The fourth-order valence-electron chi connectivity index (χ4n) is 2.88. The standard InChI is InChI=1S/C9H13NO4/c1-2-9(7(11)12)5-3-10(8(13)14)4-6(5)9/h5-6H,2-4H2,1H3,(H,11,12)(H,13,14). The van der Waals surface area contributed by atoms with Crippen LogP contribution in [-0.4, -0.2) is 40.3 Å². The van der Waals surface area contributed by atoms with Crippen LogP contribution in [0.25, 0.3) is 0 Å². The number of carboxylic acids is 1. The second-order valence-corrected chi connectivity index (χ2v) is 4.10. The van der Waals surface area contributed by atoms with Crippen LogP contribution in [0.5, 0.6) is 0 Å². The molecule has 1 saturated heterocycles. The molecule has 2 aliphatic rings. The van der Waals surface area contributed by atoms with Crippen molar-refractivity contribution in [2.45, 2.75) is 13.3 Å². The Bertz CT molecular complexity index is 289. The first-order valence-corrected chi connectivity index (χ1v) is 4.75. The van der Waals surface area contributed by atoms with Crippen molar-refractivity contribution in [2.75, 3.05) is 13.1 Å². The van der Waals surface area contributed by atoms with Crippen LogP contribution >= 0.6 is 0 Å². The number of hydrogen-bond acceptors (Lipinski definition) is 2. The molecule has 2 N–H and O–H groups in total. The monoisotopic (exact) mass is 199 g/mol. The predicted octanol–water partition coefficient (Wildman–Crippen LogP) is 0.707. The number of hydrogen-bond donors (Lipinski definition) is 2. The van der Waals surface area contributed by atoms with Crippen molar-refractivity contribution in [3.63, 3.8) is 0 Å². The lowest BCUT2D eigenvalue weighted by atomic mass is 9.97. The summed E-state index contributed by atoms with van der Waals surface area (Å²) in [7, 11) is 0. The number of piperidine rings is 1. The molecule has 5 heteroatoms. The van der Waals surface area contributed by atoms with Crippen molar-refractivity contribution in [2.24, 2.45) is 17.3 Å². The van der Waals surface area contributed by atoms with E-state index in [2.05, 4.69) is 0 Å². The Kier molecular flexibility index (Phi) is 1.74. The second kappa shape index (κ2) is 2.62. The van der Waals surface area contributed by atoms with Gasteiger partial charge in [0, 0.05) is 13.1 Å². The molecule has 14 heavy (non-hydrogen) atoms. The van der Waals surface area contributed by atoms with Gasteiger partial charge in [-0.25, -0.2) is 4.79 Å². The van der Waals surface area contributed by atoms with Gasteiger partial charge in [-0.15, -0.1) is 0 Å². The molecule has 2 unspecified atom stereocenters. The van der Waals surface area contributed by atoms with Gasteiger partial charge in [-0.2, -0.15) is 0 Å². The number of fused-ring (bicyclic) bond motifs is 1. The van der Waals surface area contributed by atoms with Crippen molar-refractivity contribution < 1.29 is 19.8 Å². The van der Waals surface area contributed by atoms with E-state index < -0.39 is 17.5 Å². The SMILES string of the molecule is CCC1(C(=O)O)C2CN(C(=O)O)CC21. The van der Waals surface area contributed by atoms with Gasteiger partial charge in [-0.3, -0.25) is 4.79 Å². The van der Waals surface area contributed by atoms with Gasteiger partial charge < -0.3 is 15.1 Å². The zero-order chi connectivity index (χ0) is 10.5. The zero-order valence-electron chi connectivity index (χ0n) is 7.93. The molecule has 78 valence electrons. The highest BCUT2D eigenvalue weighted by molar-refractivity contribution is 5.81. The minimum Gasteiger partial charge on any atom is -0.481 e. The van der Waals surface area contributed by atoms with Crippen LogP contribution in [-0.2, 0) is 4.79 Å². The third kappa shape index (κ3) is 0.895. The molecule has 1 amide bonds. The lowest BCUT2D eigenvalue weighted by Crippen LogP contribution is -2.35. The molecule has 1 saturated carbocycles. The average Bonchev–Trinajstić information content (AvgIpc) is 2.54. The fourth-order valence-corrected chi connectivity index (χ4v) is 2.88. The van der Waals surface area contributed by atoms with Crippen LogP contribution in [0.15, 0.2) is 0 Å². The Morgan fingerprint density at radius 3 is 2.14 bits per heavy atom. The summed E-state index contributed by atoms with van der Waals surface area (Å²) in [5.74, 6) is -0.678. The fraction of sp³-hybridized carbons (Fsp3) is 0.778. The maximum Gasteiger partial charge on any atom is 0.407 e. The van der Waals surface area contributed by atoms with E-state index in [9.17, 15) is 9.59 Å². The number of nitrogens with zero attached hydrogens (tertiary/aromatic N) is 1. The van der Waals surface area contributed by atoms with Crippen LogP contribution in [0.4, 0.5) is 4.79 Å². The molecule has 0 bridgehead atoms. The maximum absolute atomic E-state index is 11.0. The summed E-state index contributed by atoms with van der Waals surface area (Å²) in [4.78, 5) is 23.0. The largest absolute Gasteiger partial charge is 0.481 e. The first-order valence-electron chi connectivity index (χ1n) is 4.75. The Balaban J connectivity index is 2.08. The van der Waals surface area contributed by atoms with Gasteiger partial charge in [0.05, 0.1) is 5.41 Å². The van der Waals surface area contributed by atoms with Gasteiger partial charge in [0.15, 0.2) is 0 Å². The van der Waals surface area contributed by atoms with E-state index in [0.29, 0.717) is 19.5 Å². The Morgan fingerprint density at radius 2 is 1.86 bits per heavy atom. The van der Waals surface area contributed by atoms with Crippen LogP contribution < -0.4 is 0 Å². The first-order chi connectivity index (χ1) is 6.54. The minimum absolute atomic E-state index is 0.0427. The molecule has 0 radical (unpaired) electrons. The molecule has 0 aromatic heterocycles. The van der Waals surface area contributed by atoms with E-state index in [1.807, 2.05) is 6.92 Å². The van der Waals surface area contributed by atoms with Crippen LogP contribution in [0.2, 0.25) is 0 Å². The zero-order valence-corrected chi connectivity index (χ0v) is 7.93. The molecule has 1 aliphatic heterocycles. The number of carboxylic acid groups (broad SMARTS) is 2. The number of likely N-dealkylation sites (tertiary alicyclic amines) is 1. The summed E-state index contributed by atoms with van der Waals surface area (Å²) in [5, 5.41) is 17.8. The summed E-state index contributed by atoms with van der Waals surface area (Å²) < 4.78 is 0. The predicted molar refractivity (Wildman–Crippen MR) is 46.9 cm³/mol. The Morgan fingerprint density at radius 1 is 1.36 bits per heavy atom. The van der Waals surface area contributed by atoms with Crippen LogP contribution in [0.1, 0.15) is 13.3 Å². The summed E-state index contributed by atoms with van der Waals surface area (Å²) in [6.45, 7) is 2.64. The number of amides is 1. The molecule has 1 heterocycles. The molecule has 2 rings (SSSR count). The molecular weight excluding hydrogens is 186 g/mol. The van der Waals surface area contributed by atoms with Crippen molar-refractivity contribution in [1.82, 2.24) is 4.90 Å². The lowest BCUT2D eigenvalue weighted by molar-refractivity contribution is -0.145. The first kappa shape index (κ1) is 9.30. The van der Waals surface area contributed by atoms with Gasteiger partial charge in [-0.1, -0.05) is 6.92 Å². The minimum atomic E-state index is -0.937. The molecular formula is C9H13NO4.